The Hall–Kier alpha value is -1.84. The zero-order valence-corrected chi connectivity index (χ0v) is 11.2. The second-order valence-corrected chi connectivity index (χ2v) is 5.13. The number of nitrogens with zero attached hydrogens (tertiary/aromatic N) is 1. The third kappa shape index (κ3) is 2.37. The molecule has 96 valence electrons. The molecule has 0 fully saturated rings. The fourth-order valence-electron chi connectivity index (χ4n) is 1.74. The van der Waals surface area contributed by atoms with E-state index in [1.807, 2.05) is 32.0 Å². The molecule has 0 aliphatic rings. The summed E-state index contributed by atoms with van der Waals surface area (Å²) in [5.41, 5.74) is 2.49. The normalized spacial score (nSPS) is 12.9. The quantitative estimate of drug-likeness (QED) is 0.873. The molecule has 1 heterocycles. The summed E-state index contributed by atoms with van der Waals surface area (Å²) in [7, 11) is 0. The van der Waals surface area contributed by atoms with Crippen molar-refractivity contribution in [2.24, 2.45) is 5.92 Å². The molecule has 2 rings (SSSR count). The third-order valence-corrected chi connectivity index (χ3v) is 3.29. The van der Waals surface area contributed by atoms with E-state index in [1.165, 1.54) is 0 Å². The van der Waals surface area contributed by atoms with Crippen molar-refractivity contribution < 1.29 is 4.79 Å². The van der Waals surface area contributed by atoms with Crippen molar-refractivity contribution >= 4 is 16.8 Å². The van der Waals surface area contributed by atoms with E-state index in [0.717, 1.165) is 16.5 Å². The first-order valence-electron chi connectivity index (χ1n) is 6.24. The molecule has 0 aliphatic carbocycles. The number of benzene rings is 1. The minimum absolute atomic E-state index is 0.118. The Morgan fingerprint density at radius 3 is 2.72 bits per heavy atom. The number of nitrogens with one attached hydrogen (secondary N) is 2. The second-order valence-electron chi connectivity index (χ2n) is 5.13. The maximum absolute atomic E-state index is 12.2. The van der Waals surface area contributed by atoms with Crippen molar-refractivity contribution in [3.05, 3.63) is 29.5 Å². The van der Waals surface area contributed by atoms with Crippen LogP contribution < -0.4 is 5.32 Å². The molecule has 1 aromatic carbocycles. The summed E-state index contributed by atoms with van der Waals surface area (Å²) in [6, 6.07) is 6.06. The van der Waals surface area contributed by atoms with Crippen LogP contribution in [0.2, 0.25) is 0 Å². The molecule has 1 amide bonds. The van der Waals surface area contributed by atoms with Crippen LogP contribution in [0.5, 0.6) is 0 Å². The van der Waals surface area contributed by atoms with E-state index in [9.17, 15) is 4.79 Å². The van der Waals surface area contributed by atoms with E-state index in [2.05, 4.69) is 29.4 Å². The number of hydrogen-bond donors (Lipinski definition) is 2. The lowest BCUT2D eigenvalue weighted by Gasteiger charge is -2.16. The predicted octanol–water partition coefficient (Wildman–Crippen LogP) is 2.65. The lowest BCUT2D eigenvalue weighted by atomic mass is 10.1. The second kappa shape index (κ2) is 4.80. The number of carbonyl (C=O) groups is 1. The van der Waals surface area contributed by atoms with Gasteiger partial charge < -0.3 is 5.32 Å². The van der Waals surface area contributed by atoms with Gasteiger partial charge in [0.2, 0.25) is 0 Å². The molecule has 2 N–H and O–H groups in total. The van der Waals surface area contributed by atoms with Crippen LogP contribution in [-0.4, -0.2) is 22.1 Å². The Kier molecular flexibility index (Phi) is 3.36. The molecule has 1 aromatic heterocycles. The van der Waals surface area contributed by atoms with Gasteiger partial charge in [0.05, 0.1) is 5.52 Å². The average molecular weight is 245 g/mol. The van der Waals surface area contributed by atoms with Crippen LogP contribution in [0.4, 0.5) is 0 Å². The number of fused-ring (bicyclic) bond motifs is 1. The molecule has 0 saturated carbocycles. The fourth-order valence-corrected chi connectivity index (χ4v) is 1.74. The standard InChI is InChI=1S/C14H19N3O/c1-8(2)10(4)15-14(18)13-11-7-9(3)5-6-12(11)16-17-13/h5-8,10H,1-4H3,(H,15,18)(H,16,17). The molecule has 18 heavy (non-hydrogen) atoms. The lowest BCUT2D eigenvalue weighted by Crippen LogP contribution is -2.36. The summed E-state index contributed by atoms with van der Waals surface area (Å²) >= 11 is 0. The maximum atomic E-state index is 12.2. The Bertz CT molecular complexity index is 571. The van der Waals surface area contributed by atoms with Crippen LogP contribution in [0.15, 0.2) is 18.2 Å². The van der Waals surface area contributed by atoms with E-state index in [-0.39, 0.29) is 11.9 Å². The predicted molar refractivity (Wildman–Crippen MR) is 72.6 cm³/mol. The number of aryl methyl sites for hydroxylation is 1. The Balaban J connectivity index is 2.30. The van der Waals surface area contributed by atoms with Gasteiger partial charge in [-0.2, -0.15) is 5.10 Å². The van der Waals surface area contributed by atoms with Crippen LogP contribution in [0.1, 0.15) is 36.8 Å². The Labute approximate surface area is 107 Å². The zero-order valence-electron chi connectivity index (χ0n) is 11.2. The van der Waals surface area contributed by atoms with E-state index in [4.69, 9.17) is 0 Å². The average Bonchev–Trinajstić information content (AvgIpc) is 2.71. The summed E-state index contributed by atoms with van der Waals surface area (Å²) in [6.07, 6.45) is 0. The van der Waals surface area contributed by atoms with E-state index < -0.39 is 0 Å². The van der Waals surface area contributed by atoms with Gasteiger partial charge in [-0.25, -0.2) is 0 Å². The van der Waals surface area contributed by atoms with Gasteiger partial charge in [0, 0.05) is 11.4 Å². The van der Waals surface area contributed by atoms with Crippen molar-refractivity contribution in [3.63, 3.8) is 0 Å². The summed E-state index contributed by atoms with van der Waals surface area (Å²) in [4.78, 5) is 12.2. The monoisotopic (exact) mass is 245 g/mol. The van der Waals surface area contributed by atoms with Gasteiger partial charge in [0.15, 0.2) is 5.69 Å². The summed E-state index contributed by atoms with van der Waals surface area (Å²) in [6.45, 7) is 8.17. The molecule has 2 aromatic rings. The molecule has 0 aliphatic heterocycles. The SMILES string of the molecule is Cc1ccc2[nH]nc(C(=O)NC(C)C(C)C)c2c1. The molecule has 1 atom stereocenters. The molecule has 0 saturated heterocycles. The summed E-state index contributed by atoms with van der Waals surface area (Å²) < 4.78 is 0. The molecule has 4 nitrogen and oxygen atoms in total. The van der Waals surface area contributed by atoms with Crippen molar-refractivity contribution in [2.75, 3.05) is 0 Å². The van der Waals surface area contributed by atoms with E-state index in [1.54, 1.807) is 0 Å². The molecular weight excluding hydrogens is 226 g/mol. The number of rotatable bonds is 3. The number of H-pyrrole nitrogens is 1. The van der Waals surface area contributed by atoms with Gasteiger partial charge in [-0.15, -0.1) is 0 Å². The van der Waals surface area contributed by atoms with Crippen LogP contribution >= 0.6 is 0 Å². The number of aromatic nitrogens is 2. The summed E-state index contributed by atoms with van der Waals surface area (Å²) in [5, 5.41) is 10.8. The van der Waals surface area contributed by atoms with Gasteiger partial charge >= 0.3 is 0 Å². The molecule has 1 unspecified atom stereocenters. The number of aromatic amines is 1. The highest BCUT2D eigenvalue weighted by Gasteiger charge is 2.17. The Morgan fingerprint density at radius 1 is 1.33 bits per heavy atom. The number of amides is 1. The van der Waals surface area contributed by atoms with Gasteiger partial charge in [-0.3, -0.25) is 9.89 Å². The molecule has 0 bridgehead atoms. The van der Waals surface area contributed by atoms with Crippen molar-refractivity contribution in [3.8, 4) is 0 Å². The van der Waals surface area contributed by atoms with Gasteiger partial charge in [0.25, 0.3) is 5.91 Å². The number of carbonyl (C=O) groups excluding carboxylic acids is 1. The van der Waals surface area contributed by atoms with Crippen LogP contribution in [-0.2, 0) is 0 Å². The topological polar surface area (TPSA) is 57.8 Å². The van der Waals surface area contributed by atoms with Crippen molar-refractivity contribution in [1.29, 1.82) is 0 Å². The molecule has 0 radical (unpaired) electrons. The van der Waals surface area contributed by atoms with Gasteiger partial charge in [0.1, 0.15) is 0 Å². The lowest BCUT2D eigenvalue weighted by molar-refractivity contribution is 0.0927. The third-order valence-electron chi connectivity index (χ3n) is 3.29. The summed E-state index contributed by atoms with van der Waals surface area (Å²) in [5.74, 6) is 0.286. The smallest absolute Gasteiger partial charge is 0.272 e. The highest BCUT2D eigenvalue weighted by Crippen LogP contribution is 2.17. The first-order chi connectivity index (χ1) is 8.49. The largest absolute Gasteiger partial charge is 0.348 e. The van der Waals surface area contributed by atoms with Crippen molar-refractivity contribution in [1.82, 2.24) is 15.5 Å². The Morgan fingerprint density at radius 2 is 2.06 bits per heavy atom. The van der Waals surface area contributed by atoms with Crippen LogP contribution in [0.3, 0.4) is 0 Å². The minimum atomic E-state index is -0.118. The zero-order chi connectivity index (χ0) is 13.3. The van der Waals surface area contributed by atoms with E-state index >= 15 is 0 Å². The number of hydrogen-bond acceptors (Lipinski definition) is 2. The first-order valence-corrected chi connectivity index (χ1v) is 6.24. The highest BCUT2D eigenvalue weighted by atomic mass is 16.2. The maximum Gasteiger partial charge on any atom is 0.272 e. The van der Waals surface area contributed by atoms with Crippen LogP contribution in [0, 0.1) is 12.8 Å². The van der Waals surface area contributed by atoms with Crippen LogP contribution in [0.25, 0.3) is 10.9 Å². The van der Waals surface area contributed by atoms with Gasteiger partial charge in [-0.1, -0.05) is 25.5 Å². The first kappa shape index (κ1) is 12.6. The molecule has 4 heteroatoms. The van der Waals surface area contributed by atoms with Crippen molar-refractivity contribution in [2.45, 2.75) is 33.7 Å². The minimum Gasteiger partial charge on any atom is -0.348 e. The highest BCUT2D eigenvalue weighted by molar-refractivity contribution is 6.04. The molecule has 0 spiro atoms. The fraction of sp³-hybridized carbons (Fsp3) is 0.429. The van der Waals surface area contributed by atoms with E-state index in [0.29, 0.717) is 11.6 Å². The van der Waals surface area contributed by atoms with Gasteiger partial charge in [-0.05, 0) is 31.9 Å². The molecular formula is C14H19N3O.